The smallest absolute Gasteiger partial charge is 0.340 e. The van der Waals surface area contributed by atoms with Gasteiger partial charge in [0.25, 0.3) is 0 Å². The predicted octanol–water partition coefficient (Wildman–Crippen LogP) is 3.11. The van der Waals surface area contributed by atoms with Crippen LogP contribution < -0.4 is 5.32 Å². The summed E-state index contributed by atoms with van der Waals surface area (Å²) in [6, 6.07) is 7.66. The van der Waals surface area contributed by atoms with Gasteiger partial charge in [-0.15, -0.1) is 0 Å². The van der Waals surface area contributed by atoms with Crippen LogP contribution in [0.15, 0.2) is 30.5 Å². The minimum atomic E-state index is -0.981. The van der Waals surface area contributed by atoms with Gasteiger partial charge in [-0.1, -0.05) is 18.2 Å². The van der Waals surface area contributed by atoms with E-state index in [1.54, 1.807) is 19.3 Å². The number of hydrogen-bond acceptors (Lipinski definition) is 3. The van der Waals surface area contributed by atoms with Crippen molar-refractivity contribution in [3.63, 3.8) is 0 Å². The second-order valence-corrected chi connectivity index (χ2v) is 4.44. The first kappa shape index (κ1) is 13.1. The van der Waals surface area contributed by atoms with Crippen LogP contribution >= 0.6 is 0 Å². The molecule has 19 heavy (non-hydrogen) atoms. The number of rotatable bonds is 3. The molecule has 0 radical (unpaired) electrons. The van der Waals surface area contributed by atoms with Gasteiger partial charge in [-0.05, 0) is 36.6 Å². The quantitative estimate of drug-likeness (QED) is 0.885. The van der Waals surface area contributed by atoms with Crippen LogP contribution in [0.1, 0.15) is 21.5 Å². The monoisotopic (exact) mass is 256 g/mol. The molecule has 0 spiro atoms. The molecule has 0 aliphatic rings. The zero-order valence-electron chi connectivity index (χ0n) is 11.2. The standard InChI is InChI=1S/C15H16N2O2/c1-9-4-5-11(8-10(9)2)12-6-7-17-14(16-3)13(12)15(18)19/h4-8H,1-3H3,(H,16,17)(H,18,19). The molecule has 2 aromatic rings. The number of hydrogen-bond donors (Lipinski definition) is 2. The fraction of sp³-hybridized carbons (Fsp3) is 0.200. The molecule has 98 valence electrons. The van der Waals surface area contributed by atoms with Crippen LogP contribution in [-0.4, -0.2) is 23.1 Å². The van der Waals surface area contributed by atoms with Crippen LogP contribution in [0.25, 0.3) is 11.1 Å². The van der Waals surface area contributed by atoms with Gasteiger partial charge in [-0.2, -0.15) is 0 Å². The maximum Gasteiger partial charge on any atom is 0.340 e. The molecule has 0 atom stereocenters. The summed E-state index contributed by atoms with van der Waals surface area (Å²) in [6.45, 7) is 4.04. The summed E-state index contributed by atoms with van der Waals surface area (Å²) in [7, 11) is 1.67. The lowest BCUT2D eigenvalue weighted by Gasteiger charge is -2.11. The van der Waals surface area contributed by atoms with Crippen LogP contribution in [0, 0.1) is 13.8 Å². The molecule has 0 saturated carbocycles. The van der Waals surface area contributed by atoms with Gasteiger partial charge in [-0.25, -0.2) is 9.78 Å². The van der Waals surface area contributed by atoms with E-state index < -0.39 is 5.97 Å². The number of carboxylic acid groups (broad SMARTS) is 1. The topological polar surface area (TPSA) is 62.2 Å². The van der Waals surface area contributed by atoms with Crippen molar-refractivity contribution >= 4 is 11.8 Å². The number of carboxylic acids is 1. The molecule has 0 saturated heterocycles. The second-order valence-electron chi connectivity index (χ2n) is 4.44. The van der Waals surface area contributed by atoms with Crippen molar-refractivity contribution in [2.24, 2.45) is 0 Å². The normalized spacial score (nSPS) is 10.3. The highest BCUT2D eigenvalue weighted by molar-refractivity contribution is 6.00. The predicted molar refractivity (Wildman–Crippen MR) is 75.7 cm³/mol. The van der Waals surface area contributed by atoms with Gasteiger partial charge in [0.2, 0.25) is 0 Å². The maximum absolute atomic E-state index is 11.4. The Bertz CT molecular complexity index is 636. The molecule has 0 fully saturated rings. The van der Waals surface area contributed by atoms with E-state index in [-0.39, 0.29) is 5.56 Å². The summed E-state index contributed by atoms with van der Waals surface area (Å²) < 4.78 is 0. The van der Waals surface area contributed by atoms with Crippen LogP contribution in [0.4, 0.5) is 5.82 Å². The van der Waals surface area contributed by atoms with Crippen LogP contribution in [0.3, 0.4) is 0 Å². The zero-order chi connectivity index (χ0) is 14.0. The third kappa shape index (κ3) is 2.42. The van der Waals surface area contributed by atoms with Gasteiger partial charge < -0.3 is 10.4 Å². The zero-order valence-corrected chi connectivity index (χ0v) is 11.2. The van der Waals surface area contributed by atoms with Crippen molar-refractivity contribution in [1.29, 1.82) is 0 Å². The minimum Gasteiger partial charge on any atom is -0.478 e. The summed E-state index contributed by atoms with van der Waals surface area (Å²) in [4.78, 5) is 15.5. The molecule has 0 aliphatic carbocycles. The first-order chi connectivity index (χ1) is 9.04. The number of nitrogens with one attached hydrogen (secondary N) is 1. The highest BCUT2D eigenvalue weighted by Gasteiger charge is 2.17. The summed E-state index contributed by atoms with van der Waals surface area (Å²) in [5.74, 6) is -0.603. The maximum atomic E-state index is 11.4. The molecule has 4 heteroatoms. The van der Waals surface area contributed by atoms with Crippen molar-refractivity contribution in [3.05, 3.63) is 47.2 Å². The van der Waals surface area contributed by atoms with E-state index in [1.165, 1.54) is 5.56 Å². The van der Waals surface area contributed by atoms with E-state index >= 15 is 0 Å². The third-order valence-corrected chi connectivity index (χ3v) is 3.22. The Hall–Kier alpha value is -2.36. The van der Waals surface area contributed by atoms with Crippen LogP contribution in [0.5, 0.6) is 0 Å². The molecule has 0 unspecified atom stereocenters. The summed E-state index contributed by atoms with van der Waals surface area (Å²) in [5, 5.41) is 12.2. The largest absolute Gasteiger partial charge is 0.478 e. The van der Waals surface area contributed by atoms with Crippen molar-refractivity contribution in [3.8, 4) is 11.1 Å². The number of aromatic carboxylic acids is 1. The van der Waals surface area contributed by atoms with Crippen LogP contribution in [-0.2, 0) is 0 Å². The summed E-state index contributed by atoms with van der Waals surface area (Å²) >= 11 is 0. The second kappa shape index (κ2) is 5.10. The van der Waals surface area contributed by atoms with Gasteiger partial charge in [0.05, 0.1) is 0 Å². The Morgan fingerprint density at radius 1 is 1.21 bits per heavy atom. The molecule has 0 bridgehead atoms. The number of nitrogens with zero attached hydrogens (tertiary/aromatic N) is 1. The molecule has 4 nitrogen and oxygen atoms in total. The minimum absolute atomic E-state index is 0.202. The Balaban J connectivity index is 2.67. The number of benzene rings is 1. The fourth-order valence-electron chi connectivity index (χ4n) is 2.02. The Labute approximate surface area is 112 Å². The highest BCUT2D eigenvalue weighted by Crippen LogP contribution is 2.29. The van der Waals surface area contributed by atoms with Crippen LogP contribution in [0.2, 0.25) is 0 Å². The summed E-state index contributed by atoms with van der Waals surface area (Å²) in [6.07, 6.45) is 1.61. The van der Waals surface area contributed by atoms with Crippen molar-refractivity contribution in [2.75, 3.05) is 12.4 Å². The SMILES string of the molecule is CNc1nccc(-c2ccc(C)c(C)c2)c1C(=O)O. The lowest BCUT2D eigenvalue weighted by atomic mass is 9.97. The molecule has 2 rings (SSSR count). The van der Waals surface area contributed by atoms with Gasteiger partial charge in [0.15, 0.2) is 0 Å². The molecule has 1 aromatic carbocycles. The van der Waals surface area contributed by atoms with E-state index in [4.69, 9.17) is 0 Å². The molecular weight excluding hydrogens is 240 g/mol. The van der Waals surface area contributed by atoms with E-state index in [0.29, 0.717) is 11.4 Å². The average molecular weight is 256 g/mol. The summed E-state index contributed by atoms with van der Waals surface area (Å²) in [5.41, 5.74) is 4.09. The highest BCUT2D eigenvalue weighted by atomic mass is 16.4. The van der Waals surface area contributed by atoms with E-state index in [2.05, 4.69) is 10.3 Å². The van der Waals surface area contributed by atoms with E-state index in [1.807, 2.05) is 32.0 Å². The van der Waals surface area contributed by atoms with Gasteiger partial charge >= 0.3 is 5.97 Å². The molecule has 0 amide bonds. The molecule has 2 N–H and O–H groups in total. The van der Waals surface area contributed by atoms with Gasteiger partial charge in [-0.3, -0.25) is 0 Å². The Morgan fingerprint density at radius 2 is 1.95 bits per heavy atom. The van der Waals surface area contributed by atoms with Crippen molar-refractivity contribution in [2.45, 2.75) is 13.8 Å². The molecule has 0 aliphatic heterocycles. The van der Waals surface area contributed by atoms with Gasteiger partial charge in [0, 0.05) is 18.8 Å². The van der Waals surface area contributed by atoms with E-state index in [0.717, 1.165) is 11.1 Å². The molecule has 1 heterocycles. The van der Waals surface area contributed by atoms with Gasteiger partial charge in [0.1, 0.15) is 11.4 Å². The fourth-order valence-corrected chi connectivity index (χ4v) is 2.02. The lowest BCUT2D eigenvalue weighted by Crippen LogP contribution is -2.07. The number of carbonyl (C=O) groups is 1. The lowest BCUT2D eigenvalue weighted by molar-refractivity contribution is 0.0698. The third-order valence-electron chi connectivity index (χ3n) is 3.22. The van der Waals surface area contributed by atoms with Crippen molar-refractivity contribution < 1.29 is 9.90 Å². The molecular formula is C15H16N2O2. The number of aromatic nitrogens is 1. The number of pyridine rings is 1. The Kier molecular flexibility index (Phi) is 3.51. The molecule has 1 aromatic heterocycles. The first-order valence-corrected chi connectivity index (χ1v) is 6.02. The van der Waals surface area contributed by atoms with E-state index in [9.17, 15) is 9.90 Å². The number of anilines is 1. The van der Waals surface area contributed by atoms with Crippen molar-refractivity contribution in [1.82, 2.24) is 4.98 Å². The Morgan fingerprint density at radius 3 is 2.53 bits per heavy atom. The first-order valence-electron chi connectivity index (χ1n) is 6.02. The average Bonchev–Trinajstić information content (AvgIpc) is 2.40. The number of aryl methyl sites for hydroxylation is 2.